The van der Waals surface area contributed by atoms with Gasteiger partial charge >= 0.3 is 6.18 Å². The van der Waals surface area contributed by atoms with E-state index in [1.165, 1.54) is 0 Å². The van der Waals surface area contributed by atoms with Crippen molar-refractivity contribution in [1.82, 2.24) is 15.5 Å². The minimum Gasteiger partial charge on any atom is -0.349 e. The highest BCUT2D eigenvalue weighted by Crippen LogP contribution is 2.51. The fourth-order valence-corrected chi connectivity index (χ4v) is 7.38. The molecule has 3 aromatic rings. The molecule has 10 heteroatoms. The Morgan fingerprint density at radius 1 is 0.848 bits per heavy atom. The van der Waals surface area contributed by atoms with Crippen LogP contribution < -0.4 is 15.5 Å². The average Bonchev–Trinajstić information content (AvgIpc) is 3.61. The van der Waals surface area contributed by atoms with Gasteiger partial charge in [0.1, 0.15) is 12.0 Å². The van der Waals surface area contributed by atoms with Crippen molar-refractivity contribution in [1.29, 1.82) is 0 Å². The van der Waals surface area contributed by atoms with Crippen LogP contribution in [0.4, 0.5) is 18.9 Å². The lowest BCUT2D eigenvalue weighted by molar-refractivity contribution is -0.141. The summed E-state index contributed by atoms with van der Waals surface area (Å²) in [5, 5.41) is 5.37. The van der Waals surface area contributed by atoms with Gasteiger partial charge in [-0.2, -0.15) is 13.2 Å². The molecule has 0 atom stereocenters. The number of nitrogens with zero attached hydrogens (tertiary/aromatic N) is 2. The lowest BCUT2D eigenvalue weighted by Crippen LogP contribution is -2.47. The number of carbonyl (C=O) groups excluding carboxylic acids is 3. The molecule has 2 fully saturated rings. The topological polar surface area (TPSA) is 81.8 Å². The number of likely N-dealkylation sites (tertiary alicyclic amines) is 1. The monoisotopic (exact) mass is 632 g/mol. The summed E-state index contributed by atoms with van der Waals surface area (Å²) in [4.78, 5) is 43.3. The summed E-state index contributed by atoms with van der Waals surface area (Å²) in [6.45, 7) is 1.66. The zero-order valence-electron chi connectivity index (χ0n) is 25.7. The molecule has 0 saturated carbocycles. The zero-order valence-corrected chi connectivity index (χ0v) is 25.7. The summed E-state index contributed by atoms with van der Waals surface area (Å²) in [5.41, 5.74) is 3.27. The quantitative estimate of drug-likeness (QED) is 0.276. The Labute approximate surface area is 267 Å². The number of nitrogens with one attached hydrogen (secondary N) is 2. The first-order valence-corrected chi connectivity index (χ1v) is 16.1. The molecule has 0 radical (unpaired) electrons. The number of amides is 3. The Hall–Kier alpha value is -4.18. The summed E-state index contributed by atoms with van der Waals surface area (Å²) < 4.78 is 39.5. The highest BCUT2D eigenvalue weighted by Gasteiger charge is 2.49. The van der Waals surface area contributed by atoms with Crippen molar-refractivity contribution in [2.45, 2.75) is 62.6 Å². The van der Waals surface area contributed by atoms with Crippen molar-refractivity contribution in [2.75, 3.05) is 37.6 Å². The van der Waals surface area contributed by atoms with Crippen LogP contribution in [-0.4, -0.2) is 67.6 Å². The van der Waals surface area contributed by atoms with Gasteiger partial charge < -0.3 is 20.4 Å². The molecule has 7 nitrogen and oxygen atoms in total. The number of unbranched alkanes of at least 4 members (excludes halogenated alkanes) is 1. The molecule has 242 valence electrons. The number of rotatable bonds is 10. The van der Waals surface area contributed by atoms with E-state index in [-0.39, 0.29) is 17.9 Å². The molecule has 0 aromatic heterocycles. The van der Waals surface area contributed by atoms with Crippen molar-refractivity contribution >= 4 is 23.4 Å². The Morgan fingerprint density at radius 3 is 2.11 bits per heavy atom. The summed E-state index contributed by atoms with van der Waals surface area (Å²) in [6, 6.07) is 22.3. The predicted molar refractivity (Wildman–Crippen MR) is 171 cm³/mol. The number of anilines is 1. The fourth-order valence-electron chi connectivity index (χ4n) is 7.38. The van der Waals surface area contributed by atoms with Crippen LogP contribution in [0.2, 0.25) is 0 Å². The maximum Gasteiger partial charge on any atom is 0.405 e. The summed E-state index contributed by atoms with van der Waals surface area (Å²) in [7, 11) is 0. The molecule has 2 N–H and O–H groups in total. The molecule has 0 bridgehead atoms. The number of fused-ring (bicyclic) bond motifs is 3. The van der Waals surface area contributed by atoms with Gasteiger partial charge in [0, 0.05) is 32.1 Å². The molecule has 2 heterocycles. The number of benzene rings is 3. The van der Waals surface area contributed by atoms with E-state index in [9.17, 15) is 27.6 Å². The van der Waals surface area contributed by atoms with Crippen molar-refractivity contribution < 1.29 is 27.6 Å². The number of carbonyl (C=O) groups is 3. The lowest BCUT2D eigenvalue weighted by Gasteiger charge is -2.33. The van der Waals surface area contributed by atoms with E-state index in [1.807, 2.05) is 66.7 Å². The molecule has 6 rings (SSSR count). The van der Waals surface area contributed by atoms with Gasteiger partial charge in [0.2, 0.25) is 11.8 Å². The maximum atomic E-state index is 13.7. The molecule has 0 unspecified atom stereocenters. The number of piperidine rings is 1. The average molecular weight is 633 g/mol. The van der Waals surface area contributed by atoms with E-state index in [2.05, 4.69) is 15.5 Å². The Bertz CT molecular complexity index is 1550. The Kier molecular flexibility index (Phi) is 9.18. The Morgan fingerprint density at radius 2 is 1.48 bits per heavy atom. The van der Waals surface area contributed by atoms with E-state index in [4.69, 9.17) is 0 Å². The second-order valence-corrected chi connectivity index (χ2v) is 12.5. The maximum absolute atomic E-state index is 13.7. The summed E-state index contributed by atoms with van der Waals surface area (Å²) in [5.74, 6) is -0.739. The smallest absolute Gasteiger partial charge is 0.349 e. The third kappa shape index (κ3) is 6.40. The van der Waals surface area contributed by atoms with Crippen LogP contribution >= 0.6 is 0 Å². The highest BCUT2D eigenvalue weighted by atomic mass is 19.4. The normalized spacial score (nSPS) is 17.9. The van der Waals surface area contributed by atoms with Crippen molar-refractivity contribution in [3.8, 4) is 11.1 Å². The van der Waals surface area contributed by atoms with E-state index in [1.54, 1.807) is 11.0 Å². The minimum absolute atomic E-state index is 0.0261. The molecular weight excluding hydrogens is 593 g/mol. The van der Waals surface area contributed by atoms with Gasteiger partial charge in [-0.15, -0.1) is 0 Å². The van der Waals surface area contributed by atoms with Gasteiger partial charge in [-0.25, -0.2) is 0 Å². The second kappa shape index (κ2) is 13.3. The van der Waals surface area contributed by atoms with Gasteiger partial charge in [-0.05, 0) is 73.0 Å². The van der Waals surface area contributed by atoms with Crippen LogP contribution in [0.1, 0.15) is 66.4 Å². The predicted octanol–water partition coefficient (Wildman–Crippen LogP) is 5.82. The van der Waals surface area contributed by atoms with E-state index in [0.717, 1.165) is 67.6 Å². The first-order valence-electron chi connectivity index (χ1n) is 16.1. The first kappa shape index (κ1) is 31.8. The van der Waals surface area contributed by atoms with Gasteiger partial charge in [-0.1, -0.05) is 67.1 Å². The standard InChI is InChI=1S/C36H39F3N4O3/c37-36(38,39)24-40-34(46)35(29-13-4-1-10-26(29)27-11-2-5-14-30(27)35)19-7-8-20-42-22-17-25(18-23-42)41-33(45)28-12-3-6-15-31(28)43-21-9-16-32(43)44/h1-6,10-15,25H,7-9,16-24H2,(H,40,46)(H,41,45). The van der Waals surface area contributed by atoms with Crippen LogP contribution in [0.25, 0.3) is 11.1 Å². The molecule has 3 aromatic carbocycles. The molecule has 0 spiro atoms. The van der Waals surface area contributed by atoms with Crippen LogP contribution in [0.15, 0.2) is 72.8 Å². The first-order chi connectivity index (χ1) is 22.2. The van der Waals surface area contributed by atoms with E-state index >= 15 is 0 Å². The largest absolute Gasteiger partial charge is 0.405 e. The number of hydrogen-bond acceptors (Lipinski definition) is 4. The number of alkyl halides is 3. The fraction of sp³-hybridized carbons (Fsp3) is 0.417. The van der Waals surface area contributed by atoms with Crippen LogP contribution in [0.3, 0.4) is 0 Å². The molecule has 2 aliphatic heterocycles. The van der Waals surface area contributed by atoms with Crippen molar-refractivity contribution in [3.05, 3.63) is 89.5 Å². The number of halogens is 3. The molecule has 46 heavy (non-hydrogen) atoms. The third-order valence-electron chi connectivity index (χ3n) is 9.61. The van der Waals surface area contributed by atoms with Crippen LogP contribution in [-0.2, 0) is 15.0 Å². The molecule has 3 amide bonds. The number of hydrogen-bond donors (Lipinski definition) is 2. The van der Waals surface area contributed by atoms with Crippen LogP contribution in [0, 0.1) is 0 Å². The summed E-state index contributed by atoms with van der Waals surface area (Å²) in [6.07, 6.45) is 0.216. The molecule has 1 aliphatic carbocycles. The zero-order chi connectivity index (χ0) is 32.3. The van der Waals surface area contributed by atoms with E-state index in [0.29, 0.717) is 37.1 Å². The van der Waals surface area contributed by atoms with Gasteiger partial charge in [0.15, 0.2) is 0 Å². The molecular formula is C36H39F3N4O3. The van der Waals surface area contributed by atoms with E-state index < -0.39 is 24.0 Å². The third-order valence-corrected chi connectivity index (χ3v) is 9.61. The van der Waals surface area contributed by atoms with Crippen molar-refractivity contribution in [2.24, 2.45) is 0 Å². The highest BCUT2D eigenvalue weighted by molar-refractivity contribution is 6.05. The minimum atomic E-state index is -4.50. The van der Waals surface area contributed by atoms with Gasteiger partial charge in [-0.3, -0.25) is 14.4 Å². The van der Waals surface area contributed by atoms with Gasteiger partial charge in [0.05, 0.1) is 11.3 Å². The van der Waals surface area contributed by atoms with Crippen molar-refractivity contribution in [3.63, 3.8) is 0 Å². The van der Waals surface area contributed by atoms with Crippen LogP contribution in [0.5, 0.6) is 0 Å². The Balaban J connectivity index is 1.06. The second-order valence-electron chi connectivity index (χ2n) is 12.5. The SMILES string of the molecule is O=C(NC1CCN(CCCCC2(C(=O)NCC(F)(F)F)c3ccccc3-c3ccccc32)CC1)c1ccccc1N1CCCC1=O. The summed E-state index contributed by atoms with van der Waals surface area (Å²) >= 11 is 0. The van der Waals surface area contributed by atoms with Gasteiger partial charge in [0.25, 0.3) is 5.91 Å². The lowest BCUT2D eigenvalue weighted by atomic mass is 9.73. The molecule has 3 aliphatic rings. The molecule has 2 saturated heterocycles. The number of para-hydroxylation sites is 1.